The van der Waals surface area contributed by atoms with E-state index in [1.165, 1.54) is 57.8 Å². The summed E-state index contributed by atoms with van der Waals surface area (Å²) in [7, 11) is 0. The van der Waals surface area contributed by atoms with Crippen LogP contribution >= 0.6 is 0 Å². The number of allylic oxidation sites excluding steroid dienone is 1. The van der Waals surface area contributed by atoms with E-state index in [1.54, 1.807) is 12.5 Å². The van der Waals surface area contributed by atoms with E-state index >= 15 is 0 Å². The van der Waals surface area contributed by atoms with Gasteiger partial charge in [0.1, 0.15) is 6.10 Å². The van der Waals surface area contributed by atoms with Crippen LogP contribution in [0.5, 0.6) is 0 Å². The number of fused-ring (bicyclic) bond motifs is 5. The second kappa shape index (κ2) is 9.69. The monoisotopic (exact) mass is 456 g/mol. The van der Waals surface area contributed by atoms with Crippen LogP contribution in [0.25, 0.3) is 0 Å². The zero-order valence-corrected chi connectivity index (χ0v) is 22.8. The highest BCUT2D eigenvalue weighted by atomic mass is 16.5. The summed E-state index contributed by atoms with van der Waals surface area (Å²) >= 11 is 0. The van der Waals surface area contributed by atoms with Gasteiger partial charge in [0.2, 0.25) is 0 Å². The van der Waals surface area contributed by atoms with Crippen molar-refractivity contribution in [1.82, 2.24) is 0 Å². The van der Waals surface area contributed by atoms with Crippen molar-refractivity contribution in [3.63, 3.8) is 0 Å². The van der Waals surface area contributed by atoms with E-state index in [1.807, 2.05) is 0 Å². The van der Waals surface area contributed by atoms with Gasteiger partial charge in [-0.2, -0.15) is 0 Å². The van der Waals surface area contributed by atoms with Crippen LogP contribution in [-0.4, -0.2) is 12.1 Å². The van der Waals surface area contributed by atoms with Gasteiger partial charge in [0, 0.05) is 13.3 Å². The van der Waals surface area contributed by atoms with E-state index in [2.05, 4.69) is 47.6 Å². The van der Waals surface area contributed by atoms with Crippen LogP contribution in [0.1, 0.15) is 119 Å². The van der Waals surface area contributed by atoms with Crippen molar-refractivity contribution in [1.29, 1.82) is 0 Å². The van der Waals surface area contributed by atoms with Crippen molar-refractivity contribution in [2.75, 3.05) is 0 Å². The Bertz CT molecular complexity index is 737. The SMILES string of the molecule is CCC(CCC(C)C1CCC2C3CC=C4C[C@@H](OC(C)=O)CC[C@]4(C)C3CC[C@]12C)C(C)C. The molecular weight excluding hydrogens is 404 g/mol. The van der Waals surface area contributed by atoms with E-state index in [0.29, 0.717) is 10.8 Å². The van der Waals surface area contributed by atoms with Crippen molar-refractivity contribution < 1.29 is 9.53 Å². The summed E-state index contributed by atoms with van der Waals surface area (Å²) in [5, 5.41) is 0. The Morgan fingerprint density at radius 1 is 1.06 bits per heavy atom. The largest absolute Gasteiger partial charge is 0.462 e. The quantitative estimate of drug-likeness (QED) is 0.283. The maximum atomic E-state index is 11.5. The van der Waals surface area contributed by atoms with Crippen LogP contribution in [0.3, 0.4) is 0 Å². The molecule has 0 spiro atoms. The highest BCUT2D eigenvalue weighted by Gasteiger charge is 2.59. The molecule has 0 aliphatic heterocycles. The van der Waals surface area contributed by atoms with Crippen molar-refractivity contribution in [2.45, 2.75) is 125 Å². The number of hydrogen-bond acceptors (Lipinski definition) is 2. The van der Waals surface area contributed by atoms with E-state index in [9.17, 15) is 4.79 Å². The first-order valence-electron chi connectivity index (χ1n) is 14.5. The van der Waals surface area contributed by atoms with Gasteiger partial charge in [-0.15, -0.1) is 0 Å². The van der Waals surface area contributed by atoms with Gasteiger partial charge in [-0.3, -0.25) is 4.79 Å². The Labute approximate surface area is 204 Å². The second-order valence-corrected chi connectivity index (χ2v) is 13.4. The van der Waals surface area contributed by atoms with Gasteiger partial charge in [-0.1, -0.05) is 66.0 Å². The zero-order valence-electron chi connectivity index (χ0n) is 22.8. The lowest BCUT2D eigenvalue weighted by atomic mass is 9.47. The molecule has 2 heteroatoms. The lowest BCUT2D eigenvalue weighted by Gasteiger charge is -2.58. The number of rotatable bonds is 7. The molecule has 3 saturated carbocycles. The minimum atomic E-state index is -0.115. The molecule has 6 unspecified atom stereocenters. The van der Waals surface area contributed by atoms with Gasteiger partial charge in [0.15, 0.2) is 0 Å². The Morgan fingerprint density at radius 2 is 1.82 bits per heavy atom. The number of carbonyl (C=O) groups excluding carboxylic acids is 1. The molecule has 3 fully saturated rings. The van der Waals surface area contributed by atoms with Crippen molar-refractivity contribution in [3.05, 3.63) is 11.6 Å². The number of esters is 1. The molecular formula is C31H52O2. The predicted octanol–water partition coefficient (Wildman–Crippen LogP) is 8.60. The number of carbonyl (C=O) groups is 1. The molecule has 4 aliphatic carbocycles. The average Bonchev–Trinajstić information content (AvgIpc) is 3.11. The molecule has 2 nitrogen and oxygen atoms in total. The van der Waals surface area contributed by atoms with Crippen molar-refractivity contribution in [3.8, 4) is 0 Å². The fourth-order valence-corrected chi connectivity index (χ4v) is 9.63. The van der Waals surface area contributed by atoms with Crippen molar-refractivity contribution >= 4 is 5.97 Å². The molecule has 188 valence electrons. The Hall–Kier alpha value is -0.790. The normalized spacial score (nSPS) is 42.1. The summed E-state index contributed by atoms with van der Waals surface area (Å²) in [5.74, 6) is 6.03. The molecule has 0 bridgehead atoms. The molecule has 9 atom stereocenters. The Balaban J connectivity index is 1.46. The molecule has 0 amide bonds. The molecule has 0 aromatic rings. The Kier molecular flexibility index (Phi) is 7.43. The molecule has 4 rings (SSSR count). The third-order valence-electron chi connectivity index (χ3n) is 11.6. The number of ether oxygens (including phenoxy) is 1. The van der Waals surface area contributed by atoms with Gasteiger partial charge in [0.25, 0.3) is 0 Å². The molecule has 0 radical (unpaired) electrons. The van der Waals surface area contributed by atoms with Crippen LogP contribution < -0.4 is 0 Å². The first kappa shape index (κ1) is 25.3. The van der Waals surface area contributed by atoms with E-state index in [-0.39, 0.29) is 12.1 Å². The first-order valence-corrected chi connectivity index (χ1v) is 14.5. The maximum Gasteiger partial charge on any atom is 0.302 e. The average molecular weight is 457 g/mol. The lowest BCUT2D eigenvalue weighted by molar-refractivity contribution is -0.148. The van der Waals surface area contributed by atoms with Crippen LogP contribution in [0, 0.1) is 52.3 Å². The molecule has 0 saturated heterocycles. The lowest BCUT2D eigenvalue weighted by Crippen LogP contribution is -2.51. The minimum absolute atomic E-state index is 0.113. The summed E-state index contributed by atoms with van der Waals surface area (Å²) in [6.07, 6.45) is 17.2. The molecule has 0 aromatic heterocycles. The van der Waals surface area contributed by atoms with Gasteiger partial charge in [-0.25, -0.2) is 0 Å². The van der Waals surface area contributed by atoms with E-state index in [4.69, 9.17) is 4.74 Å². The number of hydrogen-bond donors (Lipinski definition) is 0. The van der Waals surface area contributed by atoms with E-state index in [0.717, 1.165) is 54.3 Å². The van der Waals surface area contributed by atoms with Crippen LogP contribution in [0.4, 0.5) is 0 Å². The molecule has 0 heterocycles. The van der Waals surface area contributed by atoms with Crippen LogP contribution in [0.15, 0.2) is 11.6 Å². The standard InChI is InChI=1S/C31H52O2/c1-8-23(20(2)3)10-9-21(4)27-13-14-28-26-12-11-24-19-25(33-22(5)32)15-17-30(24,6)29(26)16-18-31(27,28)7/h11,20-21,23,25-29H,8-10,12-19H2,1-7H3/t21?,23?,25-,26?,27?,28?,29?,30-,31+/m0/s1. The fourth-order valence-electron chi connectivity index (χ4n) is 9.63. The third-order valence-corrected chi connectivity index (χ3v) is 11.6. The molecule has 33 heavy (non-hydrogen) atoms. The van der Waals surface area contributed by atoms with Gasteiger partial charge in [0.05, 0.1) is 0 Å². The summed E-state index contributed by atoms with van der Waals surface area (Å²) in [4.78, 5) is 11.5. The minimum Gasteiger partial charge on any atom is -0.462 e. The van der Waals surface area contributed by atoms with E-state index < -0.39 is 0 Å². The molecule has 4 aliphatic rings. The van der Waals surface area contributed by atoms with Crippen molar-refractivity contribution in [2.24, 2.45) is 52.3 Å². The fraction of sp³-hybridized carbons (Fsp3) is 0.903. The summed E-state index contributed by atoms with van der Waals surface area (Å²) in [5.41, 5.74) is 2.51. The molecule has 0 aromatic carbocycles. The van der Waals surface area contributed by atoms with Gasteiger partial charge in [-0.05, 0) is 104 Å². The predicted molar refractivity (Wildman–Crippen MR) is 138 cm³/mol. The summed E-state index contributed by atoms with van der Waals surface area (Å²) in [6, 6.07) is 0. The first-order chi connectivity index (χ1) is 15.6. The summed E-state index contributed by atoms with van der Waals surface area (Å²) < 4.78 is 5.63. The topological polar surface area (TPSA) is 26.3 Å². The van der Waals surface area contributed by atoms with Gasteiger partial charge >= 0.3 is 5.97 Å². The Morgan fingerprint density at radius 3 is 2.48 bits per heavy atom. The smallest absolute Gasteiger partial charge is 0.302 e. The summed E-state index contributed by atoms with van der Waals surface area (Å²) in [6.45, 7) is 16.6. The highest BCUT2D eigenvalue weighted by Crippen LogP contribution is 2.67. The zero-order chi connectivity index (χ0) is 24.0. The molecule has 0 N–H and O–H groups in total. The maximum absolute atomic E-state index is 11.5. The van der Waals surface area contributed by atoms with Crippen LogP contribution in [-0.2, 0) is 9.53 Å². The second-order valence-electron chi connectivity index (χ2n) is 13.4. The van der Waals surface area contributed by atoms with Crippen LogP contribution in [0.2, 0.25) is 0 Å². The highest BCUT2D eigenvalue weighted by molar-refractivity contribution is 5.66. The third kappa shape index (κ3) is 4.58. The van der Waals surface area contributed by atoms with Gasteiger partial charge < -0.3 is 4.74 Å².